The third kappa shape index (κ3) is 9.05. The molecule has 0 amide bonds. The van der Waals surface area contributed by atoms with Crippen molar-refractivity contribution >= 4 is 17.9 Å². The molecular formula is C21H18AuO9. The molecule has 167 valence electrons. The van der Waals surface area contributed by atoms with Crippen LogP contribution in [0.3, 0.4) is 0 Å². The van der Waals surface area contributed by atoms with Crippen molar-refractivity contribution in [3.63, 3.8) is 0 Å². The molecule has 0 bridgehead atoms. The van der Waals surface area contributed by atoms with Crippen LogP contribution in [0.1, 0.15) is 31.1 Å². The molecule has 10 heteroatoms. The van der Waals surface area contributed by atoms with Crippen molar-refractivity contribution in [2.45, 2.75) is 0 Å². The number of rotatable bonds is 3. The number of carbonyl (C=O) groups is 3. The fourth-order valence-electron chi connectivity index (χ4n) is 1.96. The van der Waals surface area contributed by atoms with E-state index in [-0.39, 0.29) is 56.3 Å². The second-order valence-electron chi connectivity index (χ2n) is 5.47. The number of benzene rings is 3. The second kappa shape index (κ2) is 13.4. The van der Waals surface area contributed by atoms with Crippen LogP contribution in [0.4, 0.5) is 0 Å². The van der Waals surface area contributed by atoms with Gasteiger partial charge in [-0.1, -0.05) is 36.4 Å². The normalized spacial score (nSPS) is 8.90. The number of carboxylic acids is 3. The van der Waals surface area contributed by atoms with Gasteiger partial charge in [0.05, 0.1) is 0 Å². The van der Waals surface area contributed by atoms with Crippen LogP contribution < -0.4 is 0 Å². The number of aromatic carboxylic acids is 3. The van der Waals surface area contributed by atoms with Gasteiger partial charge < -0.3 is 30.6 Å². The molecule has 0 unspecified atom stereocenters. The Labute approximate surface area is 192 Å². The minimum atomic E-state index is -1.11. The van der Waals surface area contributed by atoms with Crippen molar-refractivity contribution < 1.29 is 67.4 Å². The number of para-hydroxylation sites is 3. The van der Waals surface area contributed by atoms with Crippen molar-refractivity contribution in [3.8, 4) is 17.2 Å². The molecule has 3 rings (SSSR count). The minimum absolute atomic E-state index is 0. The molecule has 0 fully saturated rings. The molecule has 1 radical (unpaired) electrons. The Hall–Kier alpha value is -3.79. The van der Waals surface area contributed by atoms with Gasteiger partial charge in [-0.2, -0.15) is 0 Å². The first kappa shape index (κ1) is 27.2. The second-order valence-corrected chi connectivity index (χ2v) is 5.47. The molecule has 0 aromatic heterocycles. The van der Waals surface area contributed by atoms with Crippen LogP contribution in [-0.2, 0) is 22.4 Å². The van der Waals surface area contributed by atoms with Gasteiger partial charge in [0.25, 0.3) is 0 Å². The van der Waals surface area contributed by atoms with Gasteiger partial charge >= 0.3 is 17.9 Å². The molecule has 0 aliphatic carbocycles. The van der Waals surface area contributed by atoms with Crippen LogP contribution in [0.2, 0.25) is 0 Å². The van der Waals surface area contributed by atoms with Crippen LogP contribution in [0.15, 0.2) is 72.8 Å². The minimum Gasteiger partial charge on any atom is -0.507 e. The molecule has 0 aliphatic heterocycles. The van der Waals surface area contributed by atoms with Crippen LogP contribution in [0.5, 0.6) is 17.2 Å². The van der Waals surface area contributed by atoms with Crippen LogP contribution >= 0.6 is 0 Å². The maximum absolute atomic E-state index is 10.3. The Balaban J connectivity index is 0.000000429. The summed E-state index contributed by atoms with van der Waals surface area (Å²) >= 11 is 0. The number of carboxylic acid groups (broad SMARTS) is 3. The maximum Gasteiger partial charge on any atom is 0.339 e. The monoisotopic (exact) mass is 611 g/mol. The molecule has 31 heavy (non-hydrogen) atoms. The van der Waals surface area contributed by atoms with E-state index in [1.165, 1.54) is 36.4 Å². The number of aromatic hydroxyl groups is 3. The standard InChI is InChI=1S/3C7H6O3.Au/c3*8-6-4-2-1-3-5(6)7(9)10;/h3*1-4,8H,(H,9,10);. The molecule has 0 saturated carbocycles. The smallest absolute Gasteiger partial charge is 0.339 e. The van der Waals surface area contributed by atoms with E-state index >= 15 is 0 Å². The molecule has 0 aliphatic rings. The molecule has 0 spiro atoms. The average Bonchev–Trinajstić information content (AvgIpc) is 2.69. The summed E-state index contributed by atoms with van der Waals surface area (Å²) in [5.74, 6) is -3.94. The summed E-state index contributed by atoms with van der Waals surface area (Å²) in [5, 5.41) is 51.9. The fraction of sp³-hybridized carbons (Fsp3) is 0. The van der Waals surface area contributed by atoms with E-state index in [4.69, 9.17) is 30.6 Å². The topological polar surface area (TPSA) is 173 Å². The summed E-state index contributed by atoms with van der Waals surface area (Å²) in [6.45, 7) is 0. The van der Waals surface area contributed by atoms with Gasteiger partial charge in [0, 0.05) is 22.4 Å². The predicted molar refractivity (Wildman–Crippen MR) is 105 cm³/mol. The molecule has 6 N–H and O–H groups in total. The van der Waals surface area contributed by atoms with E-state index in [2.05, 4.69) is 0 Å². The quantitative estimate of drug-likeness (QED) is 0.243. The molecule has 0 heterocycles. The Kier molecular flexibility index (Phi) is 11.8. The predicted octanol–water partition coefficient (Wildman–Crippen LogP) is 3.27. The van der Waals surface area contributed by atoms with E-state index in [0.717, 1.165) is 0 Å². The van der Waals surface area contributed by atoms with Gasteiger partial charge in [0.2, 0.25) is 0 Å². The first-order valence-electron chi connectivity index (χ1n) is 8.19. The first-order valence-corrected chi connectivity index (χ1v) is 8.19. The SMILES string of the molecule is O=C(O)c1ccccc1O.O=C(O)c1ccccc1O.O=C(O)c1ccccc1O.[Au]. The largest absolute Gasteiger partial charge is 0.507 e. The van der Waals surface area contributed by atoms with E-state index in [0.29, 0.717) is 0 Å². The van der Waals surface area contributed by atoms with E-state index in [1.54, 1.807) is 36.4 Å². The summed E-state index contributed by atoms with van der Waals surface area (Å²) in [4.78, 5) is 30.8. The molecule has 0 saturated heterocycles. The van der Waals surface area contributed by atoms with Crippen LogP contribution in [-0.4, -0.2) is 48.5 Å². The molecular weight excluding hydrogens is 593 g/mol. The summed E-state index contributed by atoms with van der Waals surface area (Å²) in [6.07, 6.45) is 0. The molecule has 0 atom stereocenters. The Morgan fingerprint density at radius 3 is 0.774 bits per heavy atom. The van der Waals surface area contributed by atoms with Crippen molar-refractivity contribution in [1.29, 1.82) is 0 Å². The Morgan fingerprint density at radius 1 is 0.452 bits per heavy atom. The molecule has 9 nitrogen and oxygen atoms in total. The Bertz CT molecular complexity index is 903. The van der Waals surface area contributed by atoms with Crippen LogP contribution in [0.25, 0.3) is 0 Å². The van der Waals surface area contributed by atoms with Crippen molar-refractivity contribution in [2.24, 2.45) is 0 Å². The van der Waals surface area contributed by atoms with Gasteiger partial charge in [0.1, 0.15) is 33.9 Å². The zero-order valence-electron chi connectivity index (χ0n) is 15.6. The van der Waals surface area contributed by atoms with E-state index < -0.39 is 17.9 Å². The zero-order valence-corrected chi connectivity index (χ0v) is 17.8. The third-order valence-corrected chi connectivity index (χ3v) is 3.40. The van der Waals surface area contributed by atoms with Gasteiger partial charge in [-0.3, -0.25) is 0 Å². The van der Waals surface area contributed by atoms with Gasteiger partial charge in [-0.25, -0.2) is 14.4 Å². The summed E-state index contributed by atoms with van der Waals surface area (Å²) in [5.41, 5.74) is -0.201. The fourth-order valence-corrected chi connectivity index (χ4v) is 1.96. The zero-order chi connectivity index (χ0) is 22.7. The summed E-state index contributed by atoms with van der Waals surface area (Å²) < 4.78 is 0. The summed E-state index contributed by atoms with van der Waals surface area (Å²) in [7, 11) is 0. The average molecular weight is 611 g/mol. The first-order chi connectivity index (χ1) is 14.1. The van der Waals surface area contributed by atoms with Crippen LogP contribution in [0, 0.1) is 0 Å². The number of hydrogen-bond donors (Lipinski definition) is 6. The molecule has 3 aromatic rings. The molecule has 3 aromatic carbocycles. The Morgan fingerprint density at radius 2 is 0.645 bits per heavy atom. The summed E-state index contributed by atoms with van der Waals surface area (Å²) in [6, 6.07) is 17.4. The van der Waals surface area contributed by atoms with E-state index in [9.17, 15) is 14.4 Å². The maximum atomic E-state index is 10.3. The van der Waals surface area contributed by atoms with Crippen molar-refractivity contribution in [3.05, 3.63) is 89.5 Å². The van der Waals surface area contributed by atoms with Crippen molar-refractivity contribution in [1.82, 2.24) is 0 Å². The third-order valence-electron chi connectivity index (χ3n) is 3.40. The number of phenols is 3. The van der Waals surface area contributed by atoms with Gasteiger partial charge in [-0.15, -0.1) is 0 Å². The van der Waals surface area contributed by atoms with E-state index in [1.807, 2.05) is 0 Å². The number of hydrogen-bond acceptors (Lipinski definition) is 6. The van der Waals surface area contributed by atoms with Gasteiger partial charge in [0.15, 0.2) is 0 Å². The van der Waals surface area contributed by atoms with Gasteiger partial charge in [-0.05, 0) is 36.4 Å². The van der Waals surface area contributed by atoms with Crippen molar-refractivity contribution in [2.75, 3.05) is 0 Å².